The van der Waals surface area contributed by atoms with E-state index < -0.39 is 34.6 Å². The summed E-state index contributed by atoms with van der Waals surface area (Å²) in [6.45, 7) is -0.241. The van der Waals surface area contributed by atoms with E-state index in [2.05, 4.69) is 10.1 Å². The molecule has 1 aromatic rings. The normalized spacial score (nSPS) is 12.2. The van der Waals surface area contributed by atoms with Crippen LogP contribution in [0.3, 0.4) is 0 Å². The highest BCUT2D eigenvalue weighted by Gasteiger charge is 2.23. The SMILES string of the molecule is COCC(Nc1ccc([N+](=O)[O-])cc1C(F)F)C(=O)O. The van der Waals surface area contributed by atoms with Crippen molar-refractivity contribution in [2.24, 2.45) is 0 Å². The zero-order valence-corrected chi connectivity index (χ0v) is 10.4. The van der Waals surface area contributed by atoms with Gasteiger partial charge in [0.05, 0.1) is 11.5 Å². The number of rotatable bonds is 7. The molecule has 9 heteroatoms. The van der Waals surface area contributed by atoms with E-state index in [0.717, 1.165) is 12.1 Å². The van der Waals surface area contributed by atoms with E-state index >= 15 is 0 Å². The van der Waals surface area contributed by atoms with Crippen LogP contribution in [0.1, 0.15) is 12.0 Å². The van der Waals surface area contributed by atoms with Crippen LogP contribution >= 0.6 is 0 Å². The first-order valence-electron chi connectivity index (χ1n) is 5.41. The van der Waals surface area contributed by atoms with Gasteiger partial charge in [-0.2, -0.15) is 0 Å². The van der Waals surface area contributed by atoms with E-state index in [-0.39, 0.29) is 12.3 Å². The Kier molecular flexibility index (Phi) is 5.32. The van der Waals surface area contributed by atoms with Crippen LogP contribution in [-0.4, -0.2) is 35.8 Å². The van der Waals surface area contributed by atoms with Crippen molar-refractivity contribution >= 4 is 17.3 Å². The van der Waals surface area contributed by atoms with Crippen LogP contribution in [0.2, 0.25) is 0 Å². The van der Waals surface area contributed by atoms with Gasteiger partial charge in [0.2, 0.25) is 0 Å². The Morgan fingerprint density at radius 1 is 1.55 bits per heavy atom. The number of carboxylic acids is 1. The first kappa shape index (κ1) is 15.8. The predicted molar refractivity (Wildman–Crippen MR) is 65.0 cm³/mol. The highest BCUT2D eigenvalue weighted by molar-refractivity contribution is 5.78. The number of hydrogen-bond acceptors (Lipinski definition) is 5. The monoisotopic (exact) mass is 290 g/mol. The number of nitro benzene ring substituents is 1. The molecule has 110 valence electrons. The Hall–Kier alpha value is -2.29. The molecule has 0 aromatic heterocycles. The standard InChI is InChI=1S/C11H12F2N2O5/c1-20-5-9(11(16)17)14-8-3-2-6(15(18)19)4-7(8)10(12)13/h2-4,9-10,14H,5H2,1H3,(H,16,17). The first-order chi connectivity index (χ1) is 9.36. The summed E-state index contributed by atoms with van der Waals surface area (Å²) in [6, 6.07) is 1.53. The number of nitrogens with one attached hydrogen (secondary N) is 1. The topological polar surface area (TPSA) is 102 Å². The molecule has 1 rings (SSSR count). The van der Waals surface area contributed by atoms with E-state index in [9.17, 15) is 23.7 Å². The van der Waals surface area contributed by atoms with Crippen LogP contribution in [0.5, 0.6) is 0 Å². The lowest BCUT2D eigenvalue weighted by Gasteiger charge is -2.17. The summed E-state index contributed by atoms with van der Waals surface area (Å²) in [6.07, 6.45) is -2.98. The number of carbonyl (C=O) groups is 1. The van der Waals surface area contributed by atoms with Gasteiger partial charge in [0.15, 0.2) is 0 Å². The van der Waals surface area contributed by atoms with Crippen molar-refractivity contribution in [3.63, 3.8) is 0 Å². The van der Waals surface area contributed by atoms with E-state index in [1.807, 2.05) is 0 Å². The first-order valence-corrected chi connectivity index (χ1v) is 5.41. The number of carboxylic acid groups (broad SMARTS) is 1. The second-order valence-corrected chi connectivity index (χ2v) is 3.82. The van der Waals surface area contributed by atoms with Crippen molar-refractivity contribution in [3.05, 3.63) is 33.9 Å². The molecule has 1 aromatic carbocycles. The number of nitro groups is 1. The molecule has 1 atom stereocenters. The van der Waals surface area contributed by atoms with E-state index in [1.165, 1.54) is 7.11 Å². The lowest BCUT2D eigenvalue weighted by molar-refractivity contribution is -0.385. The lowest BCUT2D eigenvalue weighted by atomic mass is 10.1. The number of nitrogens with zero attached hydrogens (tertiary/aromatic N) is 1. The third kappa shape index (κ3) is 3.85. The highest BCUT2D eigenvalue weighted by Crippen LogP contribution is 2.31. The second kappa shape index (κ2) is 6.75. The molecule has 7 nitrogen and oxygen atoms in total. The van der Waals surface area contributed by atoms with Crippen LogP contribution in [0.15, 0.2) is 18.2 Å². The quantitative estimate of drug-likeness (QED) is 0.588. The van der Waals surface area contributed by atoms with Crippen molar-refractivity contribution in [2.75, 3.05) is 19.0 Å². The van der Waals surface area contributed by atoms with Gasteiger partial charge in [-0.05, 0) is 6.07 Å². The van der Waals surface area contributed by atoms with Gasteiger partial charge in [-0.1, -0.05) is 0 Å². The van der Waals surface area contributed by atoms with Crippen molar-refractivity contribution in [3.8, 4) is 0 Å². The fourth-order valence-corrected chi connectivity index (χ4v) is 1.50. The van der Waals surface area contributed by atoms with Crippen molar-refractivity contribution in [1.82, 2.24) is 0 Å². The van der Waals surface area contributed by atoms with Gasteiger partial charge in [0, 0.05) is 30.5 Å². The van der Waals surface area contributed by atoms with Crippen LogP contribution in [-0.2, 0) is 9.53 Å². The molecule has 0 heterocycles. The molecule has 20 heavy (non-hydrogen) atoms. The molecular weight excluding hydrogens is 278 g/mol. The summed E-state index contributed by atoms with van der Waals surface area (Å²) >= 11 is 0. The van der Waals surface area contributed by atoms with Crippen LogP contribution in [0.4, 0.5) is 20.2 Å². The zero-order valence-electron chi connectivity index (χ0n) is 10.4. The Bertz CT molecular complexity index is 510. The minimum absolute atomic E-state index is 0.185. The fourth-order valence-electron chi connectivity index (χ4n) is 1.50. The van der Waals surface area contributed by atoms with Gasteiger partial charge in [-0.3, -0.25) is 10.1 Å². The number of methoxy groups -OCH3 is 1. The minimum Gasteiger partial charge on any atom is -0.480 e. The summed E-state index contributed by atoms with van der Waals surface area (Å²) in [4.78, 5) is 20.7. The summed E-state index contributed by atoms with van der Waals surface area (Å²) in [7, 11) is 1.27. The third-order valence-electron chi connectivity index (χ3n) is 2.44. The van der Waals surface area contributed by atoms with Crippen molar-refractivity contribution < 1.29 is 28.3 Å². The molecule has 0 saturated heterocycles. The number of anilines is 1. The van der Waals surface area contributed by atoms with Crippen LogP contribution in [0.25, 0.3) is 0 Å². The molecule has 1 unspecified atom stereocenters. The lowest BCUT2D eigenvalue weighted by Crippen LogP contribution is -2.34. The number of aliphatic carboxylic acids is 1. The van der Waals surface area contributed by atoms with Gasteiger partial charge in [-0.25, -0.2) is 13.6 Å². The number of hydrogen-bond donors (Lipinski definition) is 2. The molecule has 0 saturated carbocycles. The zero-order chi connectivity index (χ0) is 15.3. The largest absolute Gasteiger partial charge is 0.480 e. The molecule has 0 spiro atoms. The molecular formula is C11H12F2N2O5. The number of halogens is 2. The van der Waals surface area contributed by atoms with E-state index in [0.29, 0.717) is 6.07 Å². The molecule has 0 fully saturated rings. The van der Waals surface area contributed by atoms with E-state index in [1.54, 1.807) is 0 Å². The molecule has 0 radical (unpaired) electrons. The fraction of sp³-hybridized carbons (Fsp3) is 0.364. The van der Waals surface area contributed by atoms with Crippen LogP contribution in [0, 0.1) is 10.1 Å². The average Bonchev–Trinajstić information content (AvgIpc) is 2.37. The number of benzene rings is 1. The molecule has 0 bridgehead atoms. The molecule has 0 aliphatic heterocycles. The van der Waals surface area contributed by atoms with Crippen molar-refractivity contribution in [2.45, 2.75) is 12.5 Å². The number of alkyl halides is 2. The van der Waals surface area contributed by atoms with E-state index in [4.69, 9.17) is 5.11 Å². The molecule has 2 N–H and O–H groups in total. The smallest absolute Gasteiger partial charge is 0.328 e. The maximum absolute atomic E-state index is 12.9. The highest BCUT2D eigenvalue weighted by atomic mass is 19.3. The molecule has 0 aliphatic carbocycles. The van der Waals surface area contributed by atoms with Gasteiger partial charge in [-0.15, -0.1) is 0 Å². The van der Waals surface area contributed by atoms with Gasteiger partial charge >= 0.3 is 5.97 Å². The van der Waals surface area contributed by atoms with Gasteiger partial charge in [0.25, 0.3) is 12.1 Å². The van der Waals surface area contributed by atoms with Gasteiger partial charge in [0.1, 0.15) is 6.04 Å². The minimum atomic E-state index is -2.98. The third-order valence-corrected chi connectivity index (χ3v) is 2.44. The summed E-state index contributed by atoms with van der Waals surface area (Å²) in [5.41, 5.74) is -1.32. The second-order valence-electron chi connectivity index (χ2n) is 3.82. The Morgan fingerprint density at radius 2 is 2.20 bits per heavy atom. The van der Waals surface area contributed by atoms with Gasteiger partial charge < -0.3 is 15.2 Å². The average molecular weight is 290 g/mol. The summed E-state index contributed by atoms with van der Waals surface area (Å²) in [5.74, 6) is -1.29. The maximum Gasteiger partial charge on any atom is 0.328 e. The summed E-state index contributed by atoms with van der Waals surface area (Å²) in [5, 5.41) is 21.8. The van der Waals surface area contributed by atoms with Crippen molar-refractivity contribution in [1.29, 1.82) is 0 Å². The number of non-ortho nitro benzene ring substituents is 1. The maximum atomic E-state index is 12.9. The number of ether oxygens (including phenoxy) is 1. The molecule has 0 amide bonds. The molecule has 0 aliphatic rings. The summed E-state index contributed by atoms with van der Waals surface area (Å²) < 4.78 is 30.4. The predicted octanol–water partition coefficient (Wildman–Crippen LogP) is 2.04. The van der Waals surface area contributed by atoms with Crippen LogP contribution < -0.4 is 5.32 Å². The Balaban J connectivity index is 3.10. The Morgan fingerprint density at radius 3 is 2.65 bits per heavy atom. The Labute approximate surface area is 112 Å².